The molecule has 0 aliphatic carbocycles. The molecule has 0 fully saturated rings. The molecule has 0 spiro atoms. The molecule has 1 rings (SSSR count). The third-order valence-electron chi connectivity index (χ3n) is 1.52. The molecule has 3 nitrogen and oxygen atoms in total. The van der Waals surface area contributed by atoms with E-state index < -0.39 is 0 Å². The lowest BCUT2D eigenvalue weighted by Crippen LogP contribution is -2.37. The molecular weight excluding hydrogens is 290 g/mol. The number of imide groups is 1. The SMILES string of the molecule is CC(C)N1C(=O)C(Br)=C(Br)C1=O. The predicted octanol–water partition coefficient (Wildman–Crippen LogP) is 1.76. The van der Waals surface area contributed by atoms with Gasteiger partial charge in [0, 0.05) is 6.04 Å². The highest BCUT2D eigenvalue weighted by atomic mass is 79.9. The molecule has 0 aromatic rings. The molecule has 0 aromatic carbocycles. The number of amides is 2. The van der Waals surface area contributed by atoms with Gasteiger partial charge in [0.25, 0.3) is 11.8 Å². The van der Waals surface area contributed by atoms with Crippen LogP contribution in [0.1, 0.15) is 13.8 Å². The lowest BCUT2D eigenvalue weighted by atomic mass is 10.3. The van der Waals surface area contributed by atoms with E-state index in [1.807, 2.05) is 0 Å². The van der Waals surface area contributed by atoms with Gasteiger partial charge in [0.05, 0.1) is 0 Å². The summed E-state index contributed by atoms with van der Waals surface area (Å²) in [6.07, 6.45) is 0. The van der Waals surface area contributed by atoms with Crippen molar-refractivity contribution in [3.63, 3.8) is 0 Å². The van der Waals surface area contributed by atoms with E-state index in [1.165, 1.54) is 4.90 Å². The molecule has 5 heteroatoms. The summed E-state index contributed by atoms with van der Waals surface area (Å²) < 4.78 is 0.613. The number of halogens is 2. The highest BCUT2D eigenvalue weighted by Crippen LogP contribution is 2.30. The van der Waals surface area contributed by atoms with E-state index in [0.29, 0.717) is 8.96 Å². The third-order valence-corrected chi connectivity index (χ3v) is 3.53. The van der Waals surface area contributed by atoms with E-state index in [4.69, 9.17) is 0 Å². The average Bonchev–Trinajstić information content (AvgIpc) is 2.16. The van der Waals surface area contributed by atoms with Crippen molar-refractivity contribution in [3.05, 3.63) is 8.96 Å². The zero-order valence-electron chi connectivity index (χ0n) is 6.60. The zero-order valence-corrected chi connectivity index (χ0v) is 9.77. The Hall–Kier alpha value is -0.160. The Morgan fingerprint density at radius 3 is 1.58 bits per heavy atom. The van der Waals surface area contributed by atoms with Crippen molar-refractivity contribution in [2.45, 2.75) is 19.9 Å². The third kappa shape index (κ3) is 1.35. The maximum atomic E-state index is 11.3. The minimum Gasteiger partial charge on any atom is -0.271 e. The fraction of sp³-hybridized carbons (Fsp3) is 0.429. The van der Waals surface area contributed by atoms with Crippen LogP contribution < -0.4 is 0 Å². The number of carbonyl (C=O) groups excluding carboxylic acids is 2. The maximum Gasteiger partial charge on any atom is 0.269 e. The van der Waals surface area contributed by atoms with Crippen LogP contribution in [-0.4, -0.2) is 22.8 Å². The van der Waals surface area contributed by atoms with Crippen molar-refractivity contribution in [2.75, 3.05) is 0 Å². The second-order valence-electron chi connectivity index (χ2n) is 2.70. The Morgan fingerprint density at radius 2 is 1.42 bits per heavy atom. The largest absolute Gasteiger partial charge is 0.271 e. The topological polar surface area (TPSA) is 37.4 Å². The van der Waals surface area contributed by atoms with Crippen molar-refractivity contribution >= 4 is 43.7 Å². The number of rotatable bonds is 1. The predicted molar refractivity (Wildman–Crippen MR) is 51.9 cm³/mol. The van der Waals surface area contributed by atoms with Gasteiger partial charge < -0.3 is 0 Å². The molecule has 1 heterocycles. The van der Waals surface area contributed by atoms with E-state index in [-0.39, 0.29) is 17.9 Å². The summed E-state index contributed by atoms with van der Waals surface area (Å²) in [7, 11) is 0. The standard InChI is InChI=1S/C7H7Br2NO2/c1-3(2)10-6(11)4(8)5(9)7(10)12/h3H,1-2H3. The smallest absolute Gasteiger partial charge is 0.269 e. The number of hydrogen-bond donors (Lipinski definition) is 0. The van der Waals surface area contributed by atoms with Gasteiger partial charge in [-0.05, 0) is 45.7 Å². The van der Waals surface area contributed by atoms with Gasteiger partial charge in [-0.3, -0.25) is 14.5 Å². The van der Waals surface area contributed by atoms with E-state index in [2.05, 4.69) is 31.9 Å². The first-order valence-electron chi connectivity index (χ1n) is 3.40. The van der Waals surface area contributed by atoms with Crippen molar-refractivity contribution in [2.24, 2.45) is 0 Å². The Morgan fingerprint density at radius 1 is 1.08 bits per heavy atom. The summed E-state index contributed by atoms with van der Waals surface area (Å²) in [5, 5.41) is 0. The Labute approximate surface area is 87.1 Å². The van der Waals surface area contributed by atoms with Crippen LogP contribution in [-0.2, 0) is 9.59 Å². The van der Waals surface area contributed by atoms with E-state index in [0.717, 1.165) is 0 Å². The summed E-state index contributed by atoms with van der Waals surface area (Å²) in [6.45, 7) is 3.59. The van der Waals surface area contributed by atoms with Gasteiger partial charge in [0.2, 0.25) is 0 Å². The monoisotopic (exact) mass is 295 g/mol. The van der Waals surface area contributed by atoms with Crippen LogP contribution in [0.3, 0.4) is 0 Å². The van der Waals surface area contributed by atoms with Gasteiger partial charge in [0.1, 0.15) is 8.96 Å². The minimum atomic E-state index is -0.276. The van der Waals surface area contributed by atoms with Crippen LogP contribution in [0.4, 0.5) is 0 Å². The van der Waals surface area contributed by atoms with Gasteiger partial charge in [-0.15, -0.1) is 0 Å². The van der Waals surface area contributed by atoms with Crippen molar-refractivity contribution in [3.8, 4) is 0 Å². The molecule has 2 amide bonds. The van der Waals surface area contributed by atoms with Gasteiger partial charge in [-0.25, -0.2) is 0 Å². The molecule has 0 saturated carbocycles. The number of carbonyl (C=O) groups is 2. The zero-order chi connectivity index (χ0) is 9.46. The highest BCUT2D eigenvalue weighted by Gasteiger charge is 2.37. The molecule has 0 saturated heterocycles. The average molecular weight is 297 g/mol. The molecular formula is C7H7Br2NO2. The second kappa shape index (κ2) is 3.30. The summed E-state index contributed by atoms with van der Waals surface area (Å²) in [5.74, 6) is -0.552. The number of hydrogen-bond acceptors (Lipinski definition) is 2. The maximum absolute atomic E-state index is 11.3. The summed E-state index contributed by atoms with van der Waals surface area (Å²) >= 11 is 6.08. The van der Waals surface area contributed by atoms with Crippen LogP contribution in [0, 0.1) is 0 Å². The van der Waals surface area contributed by atoms with Crippen LogP contribution in [0.25, 0.3) is 0 Å². The molecule has 66 valence electrons. The van der Waals surface area contributed by atoms with E-state index in [9.17, 15) is 9.59 Å². The van der Waals surface area contributed by atoms with E-state index in [1.54, 1.807) is 13.8 Å². The van der Waals surface area contributed by atoms with Crippen molar-refractivity contribution in [1.82, 2.24) is 4.90 Å². The molecule has 1 aliphatic rings. The lowest BCUT2D eigenvalue weighted by molar-refractivity contribution is -0.138. The highest BCUT2D eigenvalue weighted by molar-refractivity contribution is 9.14. The molecule has 0 bridgehead atoms. The van der Waals surface area contributed by atoms with Crippen molar-refractivity contribution in [1.29, 1.82) is 0 Å². The molecule has 0 radical (unpaired) electrons. The Kier molecular flexibility index (Phi) is 2.73. The van der Waals surface area contributed by atoms with Gasteiger partial charge in [-0.2, -0.15) is 0 Å². The molecule has 1 aliphatic heterocycles. The van der Waals surface area contributed by atoms with Crippen LogP contribution in [0.5, 0.6) is 0 Å². The normalized spacial score (nSPS) is 18.6. The Balaban J connectivity index is 3.04. The fourth-order valence-corrected chi connectivity index (χ4v) is 1.68. The quantitative estimate of drug-likeness (QED) is 0.692. The second-order valence-corrected chi connectivity index (χ2v) is 4.29. The molecule has 0 N–H and O–H groups in total. The van der Waals surface area contributed by atoms with Crippen LogP contribution in [0.2, 0.25) is 0 Å². The summed E-state index contributed by atoms with van der Waals surface area (Å²) in [5.41, 5.74) is 0. The van der Waals surface area contributed by atoms with Gasteiger partial charge in [-0.1, -0.05) is 0 Å². The molecule has 0 atom stereocenters. The number of nitrogens with zero attached hydrogens (tertiary/aromatic N) is 1. The van der Waals surface area contributed by atoms with Gasteiger partial charge in [0.15, 0.2) is 0 Å². The van der Waals surface area contributed by atoms with Gasteiger partial charge >= 0.3 is 0 Å². The van der Waals surface area contributed by atoms with Crippen LogP contribution >= 0.6 is 31.9 Å². The summed E-state index contributed by atoms with van der Waals surface area (Å²) in [4.78, 5) is 23.9. The molecule has 0 aromatic heterocycles. The first kappa shape index (κ1) is 9.92. The van der Waals surface area contributed by atoms with E-state index >= 15 is 0 Å². The van der Waals surface area contributed by atoms with Crippen LogP contribution in [0.15, 0.2) is 8.96 Å². The molecule has 0 unspecified atom stereocenters. The Bertz CT molecular complexity index is 259. The lowest BCUT2D eigenvalue weighted by Gasteiger charge is -2.18. The first-order chi connectivity index (χ1) is 5.46. The van der Waals surface area contributed by atoms with Crippen molar-refractivity contribution < 1.29 is 9.59 Å². The minimum absolute atomic E-state index is 0.104. The molecule has 12 heavy (non-hydrogen) atoms. The first-order valence-corrected chi connectivity index (χ1v) is 4.98. The summed E-state index contributed by atoms with van der Waals surface area (Å²) in [6, 6.07) is -0.104. The fourth-order valence-electron chi connectivity index (χ4n) is 0.961.